The molecular weight excluding hydrogens is 621 g/mol. The molecule has 0 saturated heterocycles. The normalized spacial score (nSPS) is 12.6. The van der Waals surface area contributed by atoms with Gasteiger partial charge in [0.15, 0.2) is 0 Å². The zero-order valence-electron chi connectivity index (χ0n) is 21.6. The largest absolute Gasteiger partial charge is 0.478 e. The van der Waals surface area contributed by atoms with E-state index in [4.69, 9.17) is 38.2 Å². The van der Waals surface area contributed by atoms with Crippen molar-refractivity contribution in [2.24, 2.45) is 5.11 Å². The summed E-state index contributed by atoms with van der Waals surface area (Å²) in [7, 11) is -4.34. The van der Waals surface area contributed by atoms with E-state index in [1.807, 2.05) is 0 Å². The number of rotatable bonds is 14. The van der Waals surface area contributed by atoms with Crippen LogP contribution in [0.5, 0.6) is 5.88 Å². The van der Waals surface area contributed by atoms with Crippen molar-refractivity contribution in [3.05, 3.63) is 61.5 Å². The third-order valence-electron chi connectivity index (χ3n) is 5.14. The Bertz CT molecular complexity index is 1420. The molecule has 1 aromatic carbocycles. The topological polar surface area (TPSA) is 143 Å². The van der Waals surface area contributed by atoms with Gasteiger partial charge in [-0.1, -0.05) is 54.0 Å². The minimum atomic E-state index is -4.28. The molecule has 0 amide bonds. The Morgan fingerprint density at radius 2 is 2.05 bits per heavy atom. The highest BCUT2D eigenvalue weighted by molar-refractivity contribution is 7.99. The van der Waals surface area contributed by atoms with E-state index in [9.17, 15) is 8.42 Å². The summed E-state index contributed by atoms with van der Waals surface area (Å²) in [5.74, 6) is 0.233. The number of hydrogen-bond acceptors (Lipinski definition) is 10. The maximum atomic E-state index is 13.8. The zero-order chi connectivity index (χ0) is 28.6. The van der Waals surface area contributed by atoms with E-state index < -0.39 is 24.1 Å². The quantitative estimate of drug-likeness (QED) is 0.0349. The van der Waals surface area contributed by atoms with Gasteiger partial charge in [0.05, 0.1) is 29.4 Å². The fourth-order valence-corrected chi connectivity index (χ4v) is 7.48. The first-order valence-electron chi connectivity index (χ1n) is 11.5. The van der Waals surface area contributed by atoms with Crippen LogP contribution < -0.4 is 9.04 Å². The van der Waals surface area contributed by atoms with Crippen molar-refractivity contribution in [3.8, 4) is 5.88 Å². The highest BCUT2D eigenvalue weighted by Crippen LogP contribution is 2.36. The summed E-state index contributed by atoms with van der Waals surface area (Å²) in [5.41, 5.74) is 8.94. The van der Waals surface area contributed by atoms with E-state index in [1.54, 1.807) is 11.6 Å². The number of thiazole rings is 1. The molecule has 210 valence electrons. The van der Waals surface area contributed by atoms with Gasteiger partial charge < -0.3 is 9.47 Å². The van der Waals surface area contributed by atoms with Gasteiger partial charge >= 0.3 is 0 Å². The molecular formula is C22H27Cl2N7O4S3Si. The molecule has 11 nitrogen and oxygen atoms in total. The Morgan fingerprint density at radius 3 is 2.69 bits per heavy atom. The molecule has 39 heavy (non-hydrogen) atoms. The third-order valence-corrected chi connectivity index (χ3v) is 11.4. The van der Waals surface area contributed by atoms with E-state index in [2.05, 4.69) is 44.6 Å². The number of halogens is 2. The van der Waals surface area contributed by atoms with Gasteiger partial charge in [-0.2, -0.15) is 0 Å². The molecule has 2 aromatic heterocycles. The number of sulfonamides is 1. The first-order chi connectivity index (χ1) is 18.5. The van der Waals surface area contributed by atoms with Crippen molar-refractivity contribution in [1.82, 2.24) is 15.0 Å². The molecule has 0 bridgehead atoms. The van der Waals surface area contributed by atoms with Gasteiger partial charge in [0, 0.05) is 36.9 Å². The highest BCUT2D eigenvalue weighted by atomic mass is 35.5. The summed E-state index contributed by atoms with van der Waals surface area (Å²) in [4.78, 5) is 15.8. The van der Waals surface area contributed by atoms with Gasteiger partial charge in [-0.15, -0.1) is 23.1 Å². The van der Waals surface area contributed by atoms with Crippen LogP contribution in [0.4, 0.5) is 5.82 Å². The maximum absolute atomic E-state index is 13.8. The molecule has 0 aliphatic heterocycles. The fraction of sp³-hybridized carbons (Fsp3) is 0.409. The molecule has 1 unspecified atom stereocenters. The second kappa shape index (κ2) is 14.0. The van der Waals surface area contributed by atoms with Crippen LogP contribution >= 0.6 is 46.3 Å². The lowest BCUT2D eigenvalue weighted by molar-refractivity contribution is 0.155. The number of thioether (sulfide) groups is 1. The van der Waals surface area contributed by atoms with Gasteiger partial charge in [0.1, 0.15) is 21.7 Å². The van der Waals surface area contributed by atoms with Crippen LogP contribution in [0, 0.1) is 0 Å². The number of nitrogens with zero attached hydrogens (tertiary/aromatic N) is 7. The Kier molecular flexibility index (Phi) is 11.3. The predicted molar refractivity (Wildman–Crippen MR) is 158 cm³/mol. The predicted octanol–water partition coefficient (Wildman–Crippen LogP) is 6.90. The van der Waals surface area contributed by atoms with Crippen LogP contribution in [0.2, 0.25) is 35.7 Å². The lowest BCUT2D eigenvalue weighted by Crippen LogP contribution is -2.35. The molecule has 0 saturated carbocycles. The minimum Gasteiger partial charge on any atom is -0.478 e. The lowest BCUT2D eigenvalue weighted by atomic mass is 10.4. The Morgan fingerprint density at radius 1 is 1.28 bits per heavy atom. The molecule has 1 atom stereocenters. The average Bonchev–Trinajstić information content (AvgIpc) is 3.42. The molecule has 2 heterocycles. The SMILES string of the molecule is COc1nc(SCC(N=[N+]=[N-])c2nccs2)cnc1N(COCC[Si](C)(C)C)S(=O)(=O)c1cccc(Cl)c1Cl. The van der Waals surface area contributed by atoms with Crippen molar-refractivity contribution in [3.63, 3.8) is 0 Å². The Labute approximate surface area is 246 Å². The van der Waals surface area contributed by atoms with Crippen LogP contribution in [0.1, 0.15) is 11.0 Å². The van der Waals surface area contributed by atoms with Gasteiger partial charge in [0.25, 0.3) is 15.9 Å². The maximum Gasteiger partial charge on any atom is 0.269 e. The molecule has 3 rings (SSSR count). The highest BCUT2D eigenvalue weighted by Gasteiger charge is 2.32. The number of aromatic nitrogens is 3. The average molecular weight is 649 g/mol. The third kappa shape index (κ3) is 8.44. The summed E-state index contributed by atoms with van der Waals surface area (Å²) in [5, 5.41) is 6.69. The van der Waals surface area contributed by atoms with Crippen molar-refractivity contribution in [2.75, 3.05) is 30.5 Å². The van der Waals surface area contributed by atoms with Crippen molar-refractivity contribution < 1.29 is 17.9 Å². The number of anilines is 1. The van der Waals surface area contributed by atoms with Crippen molar-refractivity contribution in [1.29, 1.82) is 0 Å². The molecule has 0 N–H and O–H groups in total. The lowest BCUT2D eigenvalue weighted by Gasteiger charge is -2.25. The fourth-order valence-electron chi connectivity index (χ4n) is 3.08. The summed E-state index contributed by atoms with van der Waals surface area (Å²) in [6, 6.07) is 4.68. The summed E-state index contributed by atoms with van der Waals surface area (Å²) < 4.78 is 39.8. The zero-order valence-corrected chi connectivity index (χ0v) is 26.6. The minimum absolute atomic E-state index is 0.0369. The number of azide groups is 1. The number of methoxy groups -OCH3 is 1. The van der Waals surface area contributed by atoms with Crippen LogP contribution in [0.15, 0.2) is 51.0 Å². The first kappa shape index (κ1) is 31.4. The van der Waals surface area contributed by atoms with Crippen LogP contribution in [0.25, 0.3) is 10.4 Å². The first-order valence-corrected chi connectivity index (χ1v) is 19.3. The molecule has 0 spiro atoms. The van der Waals surface area contributed by atoms with Crippen LogP contribution in [0.3, 0.4) is 0 Å². The van der Waals surface area contributed by atoms with Gasteiger partial charge in [-0.3, -0.25) is 0 Å². The van der Waals surface area contributed by atoms with E-state index in [0.717, 1.165) is 10.3 Å². The molecule has 0 radical (unpaired) electrons. The summed E-state index contributed by atoms with van der Waals surface area (Å²) >= 11 is 15.0. The Balaban J connectivity index is 1.94. The van der Waals surface area contributed by atoms with Crippen molar-refractivity contribution >= 4 is 70.2 Å². The smallest absolute Gasteiger partial charge is 0.269 e. The van der Waals surface area contributed by atoms with Gasteiger partial charge in [-0.05, 0) is 23.7 Å². The Hall–Kier alpha value is -2.10. The molecule has 0 aliphatic carbocycles. The number of ether oxygens (including phenoxy) is 2. The summed E-state index contributed by atoms with van der Waals surface area (Å²) in [6.07, 6.45) is 3.05. The monoisotopic (exact) mass is 647 g/mol. The molecule has 3 aromatic rings. The number of hydrogen-bond donors (Lipinski definition) is 0. The second-order valence-corrected chi connectivity index (χ2v) is 19.4. The van der Waals surface area contributed by atoms with E-state index in [1.165, 1.54) is 54.6 Å². The second-order valence-electron chi connectivity index (χ2n) is 9.20. The molecule has 0 aliphatic rings. The van der Waals surface area contributed by atoms with Gasteiger partial charge in [-0.25, -0.2) is 27.7 Å². The summed E-state index contributed by atoms with van der Waals surface area (Å²) in [6.45, 7) is 6.62. The van der Waals surface area contributed by atoms with Crippen LogP contribution in [-0.4, -0.2) is 57.6 Å². The van der Waals surface area contributed by atoms with E-state index in [0.29, 0.717) is 22.4 Å². The van der Waals surface area contributed by atoms with Gasteiger partial charge in [0.2, 0.25) is 5.82 Å². The molecule has 0 fully saturated rings. The van der Waals surface area contributed by atoms with Crippen LogP contribution in [-0.2, 0) is 14.8 Å². The number of benzene rings is 1. The standard InChI is InChI=1S/C22H27Cl2N7O4S3Si/c1-34-21-20(27-12-18(28-21)37-13-16(29-30-25)22-26-8-10-36-22)31(14-35-9-11-39(2,3)4)38(32,33)17-7-5-6-15(23)19(17)24/h5-8,10,12,16H,9,11,13-14H2,1-4H3. The van der Waals surface area contributed by atoms with E-state index >= 15 is 0 Å². The van der Waals surface area contributed by atoms with E-state index in [-0.39, 0.29) is 33.4 Å². The van der Waals surface area contributed by atoms with Crippen molar-refractivity contribution in [2.45, 2.75) is 41.6 Å². The molecule has 17 heteroatoms.